The molecule has 3 aliphatic rings. The second-order valence-electron chi connectivity index (χ2n) is 7.05. The van der Waals surface area contributed by atoms with Crippen LogP contribution in [0.4, 0.5) is 0 Å². The van der Waals surface area contributed by atoms with Gasteiger partial charge in [0, 0.05) is 25.7 Å². The molecule has 9 heteroatoms. The molecule has 0 radical (unpaired) electrons. The summed E-state index contributed by atoms with van der Waals surface area (Å²) in [6.45, 7) is 2.10. The Morgan fingerprint density at radius 1 is 1.12 bits per heavy atom. The number of hydrogen-bond acceptors (Lipinski definition) is 6. The number of rotatable bonds is 1. The Hall–Kier alpha value is -2.65. The number of nitrogens with zero attached hydrogens (tertiary/aromatic N) is 3. The number of carbonyl (C=O) groups is 1. The van der Waals surface area contributed by atoms with Crippen LogP contribution < -0.4 is 21.9 Å². The molecule has 2 fully saturated rings. The molecule has 2 aromatic rings. The van der Waals surface area contributed by atoms with Crippen LogP contribution in [0.2, 0.25) is 0 Å². The Morgan fingerprint density at radius 3 is 2.77 bits per heavy atom. The zero-order chi connectivity index (χ0) is 17.7. The van der Waals surface area contributed by atoms with E-state index >= 15 is 0 Å². The number of amides is 1. The summed E-state index contributed by atoms with van der Waals surface area (Å²) in [6, 6.07) is 7.92. The molecule has 26 heavy (non-hydrogen) atoms. The number of para-hydroxylation sites is 2. The van der Waals surface area contributed by atoms with Gasteiger partial charge in [-0.3, -0.25) is 20.1 Å². The van der Waals surface area contributed by atoms with Crippen molar-refractivity contribution in [3.8, 4) is 0 Å². The van der Waals surface area contributed by atoms with Crippen LogP contribution in [0, 0.1) is 5.92 Å². The molecule has 2 unspecified atom stereocenters. The van der Waals surface area contributed by atoms with Gasteiger partial charge in [-0.05, 0) is 25.0 Å². The van der Waals surface area contributed by atoms with Gasteiger partial charge in [-0.1, -0.05) is 12.1 Å². The van der Waals surface area contributed by atoms with Gasteiger partial charge < -0.3 is 9.88 Å². The highest BCUT2D eigenvalue weighted by Crippen LogP contribution is 2.25. The van der Waals surface area contributed by atoms with Gasteiger partial charge in [0.25, 0.3) is 0 Å². The minimum Gasteiger partial charge on any atom is -0.342 e. The number of guanidine groups is 1. The fourth-order valence-electron chi connectivity index (χ4n) is 4.14. The molecule has 5 rings (SSSR count). The van der Waals surface area contributed by atoms with Gasteiger partial charge in [-0.25, -0.2) is 15.2 Å². The highest BCUT2D eigenvalue weighted by atomic mass is 16.2. The van der Waals surface area contributed by atoms with Crippen LogP contribution in [0.25, 0.3) is 11.0 Å². The number of hydrogen-bond donors (Lipinski definition) is 4. The van der Waals surface area contributed by atoms with Gasteiger partial charge in [0.15, 0.2) is 0 Å². The summed E-state index contributed by atoms with van der Waals surface area (Å²) in [5.74, 6) is 0.491. The number of benzene rings is 1. The maximum absolute atomic E-state index is 12.4. The number of nitrogens with one attached hydrogen (secondary N) is 4. The third-order valence-electron chi connectivity index (χ3n) is 5.54. The van der Waals surface area contributed by atoms with Crippen molar-refractivity contribution in [3.63, 3.8) is 0 Å². The molecule has 0 spiro atoms. The third kappa shape index (κ3) is 2.43. The Balaban J connectivity index is 1.34. The number of carbonyl (C=O) groups excluding carboxylic acids is 1. The average Bonchev–Trinajstić information content (AvgIpc) is 3.25. The number of aliphatic imine (C=N–C) groups is 1. The van der Waals surface area contributed by atoms with Crippen molar-refractivity contribution < 1.29 is 4.79 Å². The van der Waals surface area contributed by atoms with E-state index in [0.29, 0.717) is 12.5 Å². The summed E-state index contributed by atoms with van der Waals surface area (Å²) in [5.41, 5.74) is 7.79. The first-order valence-electron chi connectivity index (χ1n) is 9.02. The summed E-state index contributed by atoms with van der Waals surface area (Å²) < 4.78 is 1.87. The largest absolute Gasteiger partial charge is 0.342 e. The van der Waals surface area contributed by atoms with E-state index in [-0.39, 0.29) is 29.7 Å². The van der Waals surface area contributed by atoms with E-state index in [4.69, 9.17) is 0 Å². The third-order valence-corrected chi connectivity index (χ3v) is 5.54. The smallest absolute Gasteiger partial charge is 0.326 e. The molecule has 4 N–H and O–H groups in total. The van der Waals surface area contributed by atoms with E-state index in [1.807, 2.05) is 28.8 Å². The molecule has 0 saturated carbocycles. The van der Waals surface area contributed by atoms with Gasteiger partial charge in [-0.15, -0.1) is 0 Å². The lowest BCUT2D eigenvalue weighted by Gasteiger charge is -2.36. The normalized spacial score (nSPS) is 26.7. The van der Waals surface area contributed by atoms with E-state index < -0.39 is 0 Å². The van der Waals surface area contributed by atoms with E-state index in [1.165, 1.54) is 0 Å². The molecular weight excluding hydrogens is 334 g/mol. The van der Waals surface area contributed by atoms with Crippen LogP contribution in [0.3, 0.4) is 0 Å². The maximum atomic E-state index is 12.4. The number of likely N-dealkylation sites (tertiary alicyclic amines) is 1. The molecule has 9 nitrogen and oxygen atoms in total. The van der Waals surface area contributed by atoms with Crippen molar-refractivity contribution in [3.05, 3.63) is 34.7 Å². The van der Waals surface area contributed by atoms with Crippen LogP contribution in [0.5, 0.6) is 0 Å². The predicted molar refractivity (Wildman–Crippen MR) is 96.4 cm³/mol. The second-order valence-corrected chi connectivity index (χ2v) is 7.05. The monoisotopic (exact) mass is 355 g/mol. The topological polar surface area (TPSA) is 107 Å². The molecule has 1 aromatic carbocycles. The molecule has 3 aliphatic heterocycles. The Kier molecular flexibility index (Phi) is 3.57. The van der Waals surface area contributed by atoms with Gasteiger partial charge in [0.05, 0.1) is 17.0 Å². The molecule has 1 aromatic heterocycles. The number of fused-ring (bicyclic) bond motifs is 2. The van der Waals surface area contributed by atoms with Crippen molar-refractivity contribution >= 4 is 22.9 Å². The van der Waals surface area contributed by atoms with Crippen LogP contribution >= 0.6 is 0 Å². The first kappa shape index (κ1) is 15.6. The number of hydrazine groups is 1. The fraction of sp³-hybridized carbons (Fsp3) is 0.471. The van der Waals surface area contributed by atoms with E-state index in [2.05, 4.69) is 31.0 Å². The summed E-state index contributed by atoms with van der Waals surface area (Å²) in [7, 11) is 0. The molecule has 0 aliphatic carbocycles. The summed E-state index contributed by atoms with van der Waals surface area (Å²) in [5, 5.41) is 2.93. The molecule has 2 saturated heterocycles. The summed E-state index contributed by atoms with van der Waals surface area (Å²) >= 11 is 0. The van der Waals surface area contributed by atoms with Crippen molar-refractivity contribution in [2.24, 2.45) is 10.9 Å². The summed E-state index contributed by atoms with van der Waals surface area (Å²) in [6.07, 6.45) is 1.46. The SMILES string of the molecule is O=C1NC(N2CCC(n3c(=O)[nH]c4ccccc43)CC2)=NC2NNCC12. The fourth-order valence-corrected chi connectivity index (χ4v) is 4.14. The van der Waals surface area contributed by atoms with Gasteiger partial charge >= 0.3 is 5.69 Å². The number of aromatic amines is 1. The molecule has 136 valence electrons. The van der Waals surface area contributed by atoms with Crippen molar-refractivity contribution in [2.45, 2.75) is 25.0 Å². The Labute approximate surface area is 149 Å². The zero-order valence-electron chi connectivity index (χ0n) is 14.2. The van der Waals surface area contributed by atoms with Crippen molar-refractivity contribution in [1.82, 2.24) is 30.6 Å². The van der Waals surface area contributed by atoms with Crippen molar-refractivity contribution in [1.29, 1.82) is 0 Å². The molecular formula is C17H21N7O2. The van der Waals surface area contributed by atoms with Crippen LogP contribution in [-0.2, 0) is 4.79 Å². The van der Waals surface area contributed by atoms with E-state index in [0.717, 1.165) is 37.0 Å². The Bertz CT molecular complexity index is 938. The highest BCUT2D eigenvalue weighted by Gasteiger charge is 2.38. The van der Waals surface area contributed by atoms with Gasteiger partial charge in [0.1, 0.15) is 6.17 Å². The second kappa shape index (κ2) is 5.96. The van der Waals surface area contributed by atoms with E-state index in [1.54, 1.807) is 0 Å². The lowest BCUT2D eigenvalue weighted by molar-refractivity contribution is -0.124. The average molecular weight is 355 g/mol. The molecule has 1 amide bonds. The minimum atomic E-state index is -0.201. The van der Waals surface area contributed by atoms with Crippen LogP contribution in [0.15, 0.2) is 34.1 Å². The molecule has 2 atom stereocenters. The molecule has 4 heterocycles. The number of imidazole rings is 1. The zero-order valence-corrected chi connectivity index (χ0v) is 14.2. The van der Waals surface area contributed by atoms with Crippen LogP contribution in [-0.4, -0.2) is 52.1 Å². The quantitative estimate of drug-likeness (QED) is 0.552. The number of piperidine rings is 1. The predicted octanol–water partition coefficient (Wildman–Crippen LogP) is -0.498. The van der Waals surface area contributed by atoms with Gasteiger partial charge in [-0.2, -0.15) is 0 Å². The Morgan fingerprint density at radius 2 is 1.92 bits per heavy atom. The molecule has 0 bridgehead atoms. The highest BCUT2D eigenvalue weighted by molar-refractivity contribution is 6.00. The van der Waals surface area contributed by atoms with Gasteiger partial charge in [0.2, 0.25) is 11.9 Å². The summed E-state index contributed by atoms with van der Waals surface area (Å²) in [4.78, 5) is 34.3. The number of aromatic nitrogens is 2. The number of H-pyrrole nitrogens is 1. The van der Waals surface area contributed by atoms with Crippen molar-refractivity contribution in [2.75, 3.05) is 19.6 Å². The van der Waals surface area contributed by atoms with Crippen LogP contribution in [0.1, 0.15) is 18.9 Å². The lowest BCUT2D eigenvalue weighted by Crippen LogP contribution is -2.55. The lowest BCUT2D eigenvalue weighted by atomic mass is 10.0. The maximum Gasteiger partial charge on any atom is 0.326 e. The first-order valence-corrected chi connectivity index (χ1v) is 9.02. The first-order chi connectivity index (χ1) is 12.7. The minimum absolute atomic E-state index is 0.00692. The standard InChI is InChI=1S/C17H21N7O2/c25-15-11-9-18-22-14(11)20-16(21-15)23-7-5-10(6-8-23)24-13-4-2-1-3-12(13)19-17(24)26/h1-4,10-11,14,18,22H,5-9H2,(H,19,26)(H,20,21,25). The van der Waals surface area contributed by atoms with E-state index in [9.17, 15) is 9.59 Å².